The lowest BCUT2D eigenvalue weighted by Crippen LogP contribution is -2.35. The second-order valence-corrected chi connectivity index (χ2v) is 7.40. The number of nitrogen functional groups attached to an aromatic ring is 1. The molecule has 3 rings (SSSR count). The van der Waals surface area contributed by atoms with Gasteiger partial charge >= 0.3 is 7.94 Å². The molecule has 2 unspecified atom stereocenters. The first kappa shape index (κ1) is 17.4. The Labute approximate surface area is 137 Å². The number of nitrogens with two attached hydrogens (primary N) is 1. The Bertz CT molecular complexity index is 722. The van der Waals surface area contributed by atoms with Gasteiger partial charge in [0.15, 0.2) is 17.7 Å². The summed E-state index contributed by atoms with van der Waals surface area (Å²) in [6.45, 7) is 1.04. The molecule has 24 heavy (non-hydrogen) atoms. The van der Waals surface area contributed by atoms with E-state index >= 15 is 0 Å². The number of aliphatic hydroxyl groups is 1. The summed E-state index contributed by atoms with van der Waals surface area (Å²) in [5.41, 5.74) is 6.55. The standard InChI is InChI=1S/C12H19N5O6P/c1-21-9-6(3-22-24(2,19)20)23-12(8(9)18)17-5-16-7-10(13)14-4-15-11(7)17/h4-6,8-9,12,18-20H,3H2,1-2H3,(H2,13,14,15)/q+1/t6-,8?,9?,12-/m1/s1. The zero-order chi connectivity index (χ0) is 17.5. The van der Waals surface area contributed by atoms with Gasteiger partial charge in [0.25, 0.3) is 0 Å². The maximum atomic E-state index is 10.5. The van der Waals surface area contributed by atoms with Crippen LogP contribution in [0.4, 0.5) is 5.82 Å². The third-order valence-corrected chi connectivity index (χ3v) is 4.36. The number of anilines is 1. The molecule has 0 saturated carbocycles. The highest BCUT2D eigenvalue weighted by molar-refractivity contribution is 7.58. The quantitative estimate of drug-likeness (QED) is 0.491. The van der Waals surface area contributed by atoms with Crippen molar-refractivity contribution in [3.8, 4) is 0 Å². The minimum absolute atomic E-state index is 0.146. The number of hydrogen-bond acceptors (Lipinski definition) is 10. The molecular weight excluding hydrogens is 341 g/mol. The molecule has 0 spiro atoms. The first-order valence-electron chi connectivity index (χ1n) is 7.07. The van der Waals surface area contributed by atoms with Gasteiger partial charge in [-0.05, 0) is 0 Å². The van der Waals surface area contributed by atoms with Crippen LogP contribution in [-0.4, -0.2) is 73.1 Å². The summed E-state index contributed by atoms with van der Waals surface area (Å²) >= 11 is 0. The van der Waals surface area contributed by atoms with E-state index in [0.717, 1.165) is 0 Å². The Balaban J connectivity index is 1.86. The van der Waals surface area contributed by atoms with E-state index < -0.39 is 32.5 Å². The predicted molar refractivity (Wildman–Crippen MR) is 83.7 cm³/mol. The van der Waals surface area contributed by atoms with E-state index in [0.29, 0.717) is 11.2 Å². The Morgan fingerprint density at radius 2 is 2.12 bits per heavy atom. The fourth-order valence-corrected chi connectivity index (χ4v) is 3.07. The van der Waals surface area contributed by atoms with Crippen molar-refractivity contribution >= 4 is 24.9 Å². The number of aliphatic hydroxyl groups excluding tert-OH is 1. The van der Waals surface area contributed by atoms with Crippen molar-refractivity contribution in [3.63, 3.8) is 0 Å². The number of hydrogen-bond donors (Lipinski definition) is 4. The summed E-state index contributed by atoms with van der Waals surface area (Å²) in [7, 11) is -2.00. The van der Waals surface area contributed by atoms with E-state index in [4.69, 9.17) is 19.7 Å². The van der Waals surface area contributed by atoms with Crippen molar-refractivity contribution in [1.29, 1.82) is 0 Å². The van der Waals surface area contributed by atoms with Crippen molar-refractivity contribution in [1.82, 2.24) is 19.5 Å². The zero-order valence-corrected chi connectivity index (χ0v) is 13.9. The van der Waals surface area contributed by atoms with Gasteiger partial charge in [0.1, 0.15) is 43.4 Å². The van der Waals surface area contributed by atoms with Gasteiger partial charge in [-0.15, -0.1) is 0 Å². The molecule has 0 bridgehead atoms. The van der Waals surface area contributed by atoms with Crippen LogP contribution in [0.2, 0.25) is 0 Å². The fourth-order valence-electron chi connectivity index (χ4n) is 2.65. The molecule has 2 aromatic heterocycles. The summed E-state index contributed by atoms with van der Waals surface area (Å²) in [6.07, 6.45) is -0.583. The van der Waals surface area contributed by atoms with Crippen LogP contribution in [-0.2, 0) is 14.0 Å². The summed E-state index contributed by atoms with van der Waals surface area (Å²) in [6, 6.07) is 0. The van der Waals surface area contributed by atoms with E-state index in [9.17, 15) is 14.9 Å². The van der Waals surface area contributed by atoms with Gasteiger partial charge in [0.2, 0.25) is 0 Å². The van der Waals surface area contributed by atoms with Crippen LogP contribution in [0.5, 0.6) is 0 Å². The first-order chi connectivity index (χ1) is 11.3. The van der Waals surface area contributed by atoms with Gasteiger partial charge in [0, 0.05) is 7.11 Å². The third-order valence-electron chi connectivity index (χ3n) is 3.73. The number of methoxy groups -OCH3 is 1. The van der Waals surface area contributed by atoms with Crippen LogP contribution in [0, 0.1) is 0 Å². The molecule has 0 aromatic carbocycles. The summed E-state index contributed by atoms with van der Waals surface area (Å²) in [5.74, 6) is 0.218. The summed E-state index contributed by atoms with van der Waals surface area (Å²) < 4.78 is 17.6. The number of imidazole rings is 1. The molecule has 0 aliphatic carbocycles. The lowest BCUT2D eigenvalue weighted by molar-refractivity contribution is -0.0516. The fraction of sp³-hybridized carbons (Fsp3) is 0.583. The average molecular weight is 360 g/mol. The van der Waals surface area contributed by atoms with Crippen LogP contribution in [0.15, 0.2) is 12.7 Å². The van der Waals surface area contributed by atoms with Crippen LogP contribution in [0.3, 0.4) is 0 Å². The Kier molecular flexibility index (Phi) is 4.67. The van der Waals surface area contributed by atoms with Crippen molar-refractivity contribution in [2.75, 3.05) is 26.1 Å². The molecule has 1 saturated heterocycles. The zero-order valence-electron chi connectivity index (χ0n) is 13.1. The molecule has 11 nitrogen and oxygen atoms in total. The number of fused-ring (bicyclic) bond motifs is 1. The largest absolute Gasteiger partial charge is 0.403 e. The maximum absolute atomic E-state index is 10.5. The van der Waals surface area contributed by atoms with Crippen molar-refractivity contribution in [2.45, 2.75) is 24.5 Å². The van der Waals surface area contributed by atoms with Gasteiger partial charge < -0.3 is 20.3 Å². The molecule has 4 atom stereocenters. The van der Waals surface area contributed by atoms with Crippen LogP contribution >= 0.6 is 7.94 Å². The molecule has 0 radical (unpaired) electrons. The van der Waals surface area contributed by atoms with Gasteiger partial charge in [-0.3, -0.25) is 4.57 Å². The maximum Gasteiger partial charge on any atom is 0.403 e. The predicted octanol–water partition coefficient (Wildman–Crippen LogP) is -0.925. The number of aromatic nitrogens is 4. The highest BCUT2D eigenvalue weighted by Gasteiger charge is 2.47. The smallest absolute Gasteiger partial charge is 0.386 e. The second-order valence-electron chi connectivity index (χ2n) is 5.47. The topological polar surface area (TPSA) is 158 Å². The van der Waals surface area contributed by atoms with Crippen LogP contribution < -0.4 is 5.73 Å². The number of rotatable bonds is 5. The minimum Gasteiger partial charge on any atom is -0.386 e. The molecule has 1 fully saturated rings. The van der Waals surface area contributed by atoms with E-state index in [1.807, 2.05) is 0 Å². The van der Waals surface area contributed by atoms with Gasteiger partial charge in [0.05, 0.1) is 6.33 Å². The number of ether oxygens (including phenoxy) is 2. The molecule has 5 N–H and O–H groups in total. The van der Waals surface area contributed by atoms with E-state index in [1.54, 1.807) is 0 Å². The van der Waals surface area contributed by atoms with Gasteiger partial charge in [-0.1, -0.05) is 0 Å². The molecule has 1 aliphatic heterocycles. The Morgan fingerprint density at radius 3 is 2.79 bits per heavy atom. The molecular formula is C12H19N5O6P+. The third kappa shape index (κ3) is 3.20. The van der Waals surface area contributed by atoms with Crippen molar-refractivity contribution in [2.24, 2.45) is 0 Å². The van der Waals surface area contributed by atoms with Gasteiger partial charge in [-0.25, -0.2) is 15.0 Å². The second kappa shape index (κ2) is 6.45. The molecule has 3 heterocycles. The molecule has 12 heteroatoms. The monoisotopic (exact) mass is 360 g/mol. The minimum atomic E-state index is -3.42. The lowest BCUT2D eigenvalue weighted by Gasteiger charge is -2.18. The molecule has 132 valence electrons. The summed E-state index contributed by atoms with van der Waals surface area (Å²) in [4.78, 5) is 30.8. The van der Waals surface area contributed by atoms with Crippen molar-refractivity contribution < 1.29 is 28.9 Å². The average Bonchev–Trinajstić information content (AvgIpc) is 3.06. The molecule has 0 amide bonds. The van der Waals surface area contributed by atoms with E-state index in [1.165, 1.54) is 31.0 Å². The van der Waals surface area contributed by atoms with Crippen LogP contribution in [0.1, 0.15) is 6.23 Å². The van der Waals surface area contributed by atoms with Crippen LogP contribution in [0.25, 0.3) is 11.2 Å². The summed E-state index contributed by atoms with van der Waals surface area (Å²) in [5, 5.41) is 10.5. The van der Waals surface area contributed by atoms with E-state index in [-0.39, 0.29) is 12.4 Å². The van der Waals surface area contributed by atoms with E-state index in [2.05, 4.69) is 15.0 Å². The molecule has 1 aliphatic rings. The Morgan fingerprint density at radius 1 is 1.38 bits per heavy atom. The van der Waals surface area contributed by atoms with Crippen molar-refractivity contribution in [3.05, 3.63) is 12.7 Å². The highest BCUT2D eigenvalue weighted by Crippen LogP contribution is 2.47. The number of nitrogens with zero attached hydrogens (tertiary/aromatic N) is 4. The Hall–Kier alpha value is -1.46. The first-order valence-corrected chi connectivity index (χ1v) is 9.13. The normalized spacial score (nSPS) is 27.9. The highest BCUT2D eigenvalue weighted by atomic mass is 31.2. The SMILES string of the molecule is COC1C(O)[C@H](n2cnc3c(N)ncnc32)O[C@@H]1CO[P+](C)(O)O. The lowest BCUT2D eigenvalue weighted by atomic mass is 10.1. The van der Waals surface area contributed by atoms with Gasteiger partial charge in [-0.2, -0.15) is 14.3 Å². The molecule has 2 aromatic rings.